The zero-order valence-electron chi connectivity index (χ0n) is 14.6. The number of nitrogens with zero attached hydrogens (tertiary/aromatic N) is 3. The van der Waals surface area contributed by atoms with Gasteiger partial charge in [-0.05, 0) is 25.3 Å². The molecule has 0 aromatic carbocycles. The molecule has 140 valence electrons. The van der Waals surface area contributed by atoms with Crippen LogP contribution in [0.15, 0.2) is 11.0 Å². The number of anilines is 1. The van der Waals surface area contributed by atoms with Gasteiger partial charge in [0.25, 0.3) is 17.4 Å². The van der Waals surface area contributed by atoms with Gasteiger partial charge in [0.15, 0.2) is 5.13 Å². The van der Waals surface area contributed by atoms with Crippen molar-refractivity contribution in [3.63, 3.8) is 0 Å². The molecular weight excluding hydrogens is 386 g/mol. The third kappa shape index (κ3) is 3.15. The molecule has 0 radical (unpaired) electrons. The minimum absolute atomic E-state index is 0.0741. The van der Waals surface area contributed by atoms with Crippen LogP contribution in [0.1, 0.15) is 50.0 Å². The Hall–Kier alpha value is -2.59. The number of thiophene rings is 1. The van der Waals surface area contributed by atoms with E-state index in [1.807, 2.05) is 0 Å². The zero-order valence-corrected chi connectivity index (χ0v) is 16.2. The van der Waals surface area contributed by atoms with Gasteiger partial charge < -0.3 is 5.73 Å². The highest BCUT2D eigenvalue weighted by molar-refractivity contribution is 7.21. The molecule has 3 aromatic rings. The Kier molecular flexibility index (Phi) is 4.52. The molecule has 10 heteroatoms. The first kappa shape index (κ1) is 17.8. The first-order valence-corrected chi connectivity index (χ1v) is 10.2. The van der Waals surface area contributed by atoms with E-state index in [1.165, 1.54) is 17.5 Å². The number of aromatic nitrogens is 3. The SMILES string of the molecule is Cc1c(C(=O)Nc2ncc(C(N)=O)s2)sc2nc3n(c(=O)c12)CCCCC3. The summed E-state index contributed by atoms with van der Waals surface area (Å²) < 4.78 is 1.75. The summed E-state index contributed by atoms with van der Waals surface area (Å²) in [7, 11) is 0. The number of amides is 2. The summed E-state index contributed by atoms with van der Waals surface area (Å²) in [6.07, 6.45) is 5.17. The number of primary amides is 1. The summed E-state index contributed by atoms with van der Waals surface area (Å²) in [5, 5.41) is 3.46. The topological polar surface area (TPSA) is 120 Å². The van der Waals surface area contributed by atoms with E-state index in [2.05, 4.69) is 15.3 Å². The van der Waals surface area contributed by atoms with E-state index in [4.69, 9.17) is 5.73 Å². The molecule has 0 atom stereocenters. The summed E-state index contributed by atoms with van der Waals surface area (Å²) in [6.45, 7) is 2.43. The van der Waals surface area contributed by atoms with Gasteiger partial charge in [0, 0.05) is 13.0 Å². The van der Waals surface area contributed by atoms with E-state index in [-0.39, 0.29) is 21.5 Å². The van der Waals surface area contributed by atoms with Gasteiger partial charge >= 0.3 is 0 Å². The van der Waals surface area contributed by atoms with E-state index < -0.39 is 5.91 Å². The molecule has 3 aromatic heterocycles. The number of thiazole rings is 1. The lowest BCUT2D eigenvalue weighted by atomic mass is 10.2. The lowest BCUT2D eigenvalue weighted by Gasteiger charge is -2.08. The fourth-order valence-electron chi connectivity index (χ4n) is 3.23. The Morgan fingerprint density at radius 1 is 1.26 bits per heavy atom. The number of rotatable bonds is 3. The molecule has 27 heavy (non-hydrogen) atoms. The normalized spacial score (nSPS) is 14.0. The van der Waals surface area contributed by atoms with Crippen LogP contribution in [0.2, 0.25) is 0 Å². The van der Waals surface area contributed by atoms with Gasteiger partial charge in [0.1, 0.15) is 15.5 Å². The first-order valence-electron chi connectivity index (χ1n) is 8.55. The predicted octanol–water partition coefficient (Wildman–Crippen LogP) is 2.30. The molecule has 1 aliphatic rings. The van der Waals surface area contributed by atoms with Crippen molar-refractivity contribution in [3.8, 4) is 0 Å². The molecular formula is C17H17N5O3S2. The Morgan fingerprint density at radius 2 is 2.07 bits per heavy atom. The summed E-state index contributed by atoms with van der Waals surface area (Å²) in [4.78, 5) is 46.7. The second kappa shape index (κ2) is 6.86. The maximum Gasteiger partial charge on any atom is 0.267 e. The van der Waals surface area contributed by atoms with E-state index in [9.17, 15) is 14.4 Å². The third-order valence-corrected chi connectivity index (χ3v) is 6.70. The Bertz CT molecular complexity index is 1130. The summed E-state index contributed by atoms with van der Waals surface area (Å²) in [6, 6.07) is 0. The molecule has 3 N–H and O–H groups in total. The van der Waals surface area contributed by atoms with E-state index >= 15 is 0 Å². The molecule has 0 unspecified atom stereocenters. The molecule has 4 heterocycles. The van der Waals surface area contributed by atoms with Crippen molar-refractivity contribution in [2.24, 2.45) is 5.73 Å². The standard InChI is InChI=1S/C17H17N5O3S2/c1-8-11-15(20-10-5-3-2-4-6-22(10)16(11)25)27-12(8)14(24)21-17-19-7-9(26-17)13(18)23/h7H,2-6H2,1H3,(H2,18,23)(H,19,21,24). The number of nitrogens with two attached hydrogens (primary N) is 1. The number of nitrogens with one attached hydrogen (secondary N) is 1. The van der Waals surface area contributed by atoms with E-state index in [0.29, 0.717) is 27.2 Å². The molecule has 0 fully saturated rings. The summed E-state index contributed by atoms with van der Waals surface area (Å²) in [5.74, 6) is -0.172. The van der Waals surface area contributed by atoms with E-state index in [0.717, 1.165) is 42.8 Å². The smallest absolute Gasteiger partial charge is 0.267 e. The highest BCUT2D eigenvalue weighted by Crippen LogP contribution is 2.29. The monoisotopic (exact) mass is 403 g/mol. The zero-order chi connectivity index (χ0) is 19.1. The number of hydrogen-bond acceptors (Lipinski definition) is 7. The average Bonchev–Trinajstić information content (AvgIpc) is 3.13. The van der Waals surface area contributed by atoms with Crippen molar-refractivity contribution < 1.29 is 9.59 Å². The van der Waals surface area contributed by atoms with Crippen molar-refractivity contribution in [3.05, 3.63) is 37.7 Å². The number of carbonyl (C=O) groups is 2. The van der Waals surface area contributed by atoms with Crippen LogP contribution in [0.3, 0.4) is 0 Å². The maximum absolute atomic E-state index is 13.0. The molecule has 0 saturated heterocycles. The van der Waals surface area contributed by atoms with Crippen LogP contribution in [0.25, 0.3) is 10.2 Å². The Morgan fingerprint density at radius 3 is 2.81 bits per heavy atom. The molecule has 2 amide bonds. The van der Waals surface area contributed by atoms with Crippen LogP contribution < -0.4 is 16.6 Å². The maximum atomic E-state index is 13.0. The second-order valence-corrected chi connectivity index (χ2v) is 8.41. The quantitative estimate of drug-likeness (QED) is 0.695. The highest BCUT2D eigenvalue weighted by Gasteiger charge is 2.23. The van der Waals surface area contributed by atoms with Crippen LogP contribution in [-0.2, 0) is 13.0 Å². The van der Waals surface area contributed by atoms with Gasteiger partial charge in [-0.25, -0.2) is 9.97 Å². The van der Waals surface area contributed by atoms with Crippen LogP contribution in [0.4, 0.5) is 5.13 Å². The Balaban J connectivity index is 1.72. The third-order valence-electron chi connectivity index (χ3n) is 4.59. The van der Waals surface area contributed by atoms with Crippen molar-refractivity contribution in [2.75, 3.05) is 5.32 Å². The molecule has 0 saturated carbocycles. The largest absolute Gasteiger partial charge is 0.365 e. The van der Waals surface area contributed by atoms with Gasteiger partial charge in [0.2, 0.25) is 0 Å². The fraction of sp³-hybridized carbons (Fsp3) is 0.353. The van der Waals surface area contributed by atoms with Gasteiger partial charge in [-0.2, -0.15) is 0 Å². The van der Waals surface area contributed by atoms with Crippen LogP contribution in [0, 0.1) is 6.92 Å². The number of carbonyl (C=O) groups excluding carboxylic acids is 2. The first-order chi connectivity index (χ1) is 13.0. The summed E-state index contributed by atoms with van der Waals surface area (Å²) >= 11 is 2.22. The lowest BCUT2D eigenvalue weighted by Crippen LogP contribution is -2.24. The van der Waals surface area contributed by atoms with Crippen LogP contribution in [-0.4, -0.2) is 26.3 Å². The second-order valence-electron chi connectivity index (χ2n) is 6.38. The van der Waals surface area contributed by atoms with Gasteiger partial charge in [-0.1, -0.05) is 17.8 Å². The van der Waals surface area contributed by atoms with Gasteiger partial charge in [-0.3, -0.25) is 24.3 Å². The molecule has 4 rings (SSSR count). The number of fused-ring (bicyclic) bond motifs is 2. The lowest BCUT2D eigenvalue weighted by molar-refractivity contribution is 0.100. The van der Waals surface area contributed by atoms with Crippen molar-refractivity contribution in [1.82, 2.24) is 14.5 Å². The molecule has 0 aliphatic carbocycles. The number of hydrogen-bond donors (Lipinski definition) is 2. The van der Waals surface area contributed by atoms with E-state index in [1.54, 1.807) is 11.5 Å². The number of aryl methyl sites for hydroxylation is 2. The van der Waals surface area contributed by atoms with Crippen molar-refractivity contribution in [2.45, 2.75) is 39.2 Å². The molecule has 1 aliphatic heterocycles. The van der Waals surface area contributed by atoms with Gasteiger partial charge in [0.05, 0.1) is 16.5 Å². The van der Waals surface area contributed by atoms with Crippen LogP contribution >= 0.6 is 22.7 Å². The minimum atomic E-state index is -0.593. The molecule has 0 bridgehead atoms. The minimum Gasteiger partial charge on any atom is -0.365 e. The highest BCUT2D eigenvalue weighted by atomic mass is 32.1. The van der Waals surface area contributed by atoms with Gasteiger partial charge in [-0.15, -0.1) is 11.3 Å². The summed E-state index contributed by atoms with van der Waals surface area (Å²) in [5.41, 5.74) is 5.75. The van der Waals surface area contributed by atoms with Crippen molar-refractivity contribution in [1.29, 1.82) is 0 Å². The van der Waals surface area contributed by atoms with Crippen molar-refractivity contribution >= 4 is 49.8 Å². The molecule has 0 spiro atoms. The van der Waals surface area contributed by atoms with Crippen LogP contribution in [0.5, 0.6) is 0 Å². The average molecular weight is 403 g/mol. The fourth-order valence-corrected chi connectivity index (χ4v) is 4.98. The Labute approximate surface area is 162 Å². The molecule has 8 nitrogen and oxygen atoms in total. The predicted molar refractivity (Wildman–Crippen MR) is 105 cm³/mol.